The number of furan rings is 2. The maximum Gasteiger partial charge on any atom is 0.256 e. The van der Waals surface area contributed by atoms with Crippen molar-refractivity contribution in [1.29, 1.82) is 0 Å². The van der Waals surface area contributed by atoms with Crippen molar-refractivity contribution < 1.29 is 13.6 Å². The lowest BCUT2D eigenvalue weighted by Crippen LogP contribution is -2.58. The van der Waals surface area contributed by atoms with Crippen LogP contribution in [0.15, 0.2) is 221 Å². The minimum absolute atomic E-state index is 0.0765. The quantitative estimate of drug-likeness (QED) is 0.166. The van der Waals surface area contributed by atoms with Crippen molar-refractivity contribution in [2.45, 2.75) is 26.2 Å². The Morgan fingerprint density at radius 1 is 0.377 bits per heavy atom. The van der Waals surface area contributed by atoms with Gasteiger partial charge in [-0.15, -0.1) is 0 Å². The van der Waals surface area contributed by atoms with Crippen LogP contribution in [0.1, 0.15) is 26.3 Å². The van der Waals surface area contributed by atoms with E-state index in [1.807, 2.05) is 0 Å². The highest BCUT2D eigenvalue weighted by molar-refractivity contribution is 6.99. The fourth-order valence-corrected chi connectivity index (χ4v) is 13.8. The van der Waals surface area contributed by atoms with Gasteiger partial charge in [-0.2, -0.15) is 0 Å². The molecule has 77 heavy (non-hydrogen) atoms. The second-order valence-corrected chi connectivity index (χ2v) is 22.4. The first kappa shape index (κ1) is 41.6. The zero-order valence-electron chi connectivity index (χ0n) is 42.4. The fourth-order valence-electron chi connectivity index (χ4n) is 13.8. The minimum Gasteiger partial charge on any atom is -0.458 e. The standard InChI is InChI=1S/C70H44BN3O3/c1-70(2,3)41-25-29-52-62(35-41)75-63-34-40(39-15-5-4-6-16-39)33-59-66(63)71(52)53-38-51-50-37-43(73-56-23-13-9-19-46(56)47-20-10-14-24-57(47)73)27-32-61(50)77-69(51)65-64-58(74(59)67(53)65)30-28-48-49-36-42(26-31-60(49)76-68(48)64)72-54-21-11-7-17-44(54)45-18-8-12-22-55(45)72/h4-38H,1-3H3. The molecule has 360 valence electrons. The Morgan fingerprint density at radius 3 is 1.53 bits per heavy atom. The summed E-state index contributed by atoms with van der Waals surface area (Å²) in [6.07, 6.45) is 0. The molecule has 5 aromatic heterocycles. The van der Waals surface area contributed by atoms with Crippen molar-refractivity contribution >= 4 is 132 Å². The van der Waals surface area contributed by atoms with E-state index in [1.54, 1.807) is 0 Å². The topological polar surface area (TPSA) is 50.3 Å². The lowest BCUT2D eigenvalue weighted by atomic mass is 9.34. The van der Waals surface area contributed by atoms with E-state index in [-0.39, 0.29) is 12.1 Å². The van der Waals surface area contributed by atoms with E-state index in [4.69, 9.17) is 13.6 Å². The normalized spacial score (nSPS) is 13.2. The van der Waals surface area contributed by atoms with Crippen molar-refractivity contribution in [2.75, 3.05) is 0 Å². The summed E-state index contributed by atoms with van der Waals surface area (Å²) in [5.74, 6) is 1.77. The largest absolute Gasteiger partial charge is 0.458 e. The highest BCUT2D eigenvalue weighted by Gasteiger charge is 2.43. The van der Waals surface area contributed by atoms with Crippen molar-refractivity contribution in [1.82, 2.24) is 13.7 Å². The molecule has 16 aromatic rings. The van der Waals surface area contributed by atoms with Gasteiger partial charge in [0.1, 0.15) is 33.8 Å². The summed E-state index contributed by atoms with van der Waals surface area (Å²) in [5.41, 5.74) is 20.4. The van der Waals surface area contributed by atoms with E-state index in [0.717, 1.165) is 116 Å². The van der Waals surface area contributed by atoms with E-state index >= 15 is 0 Å². The Bertz CT molecular complexity index is 5200. The minimum atomic E-state index is -0.142. The van der Waals surface area contributed by atoms with Crippen molar-refractivity contribution in [3.8, 4) is 39.7 Å². The average Bonchev–Trinajstić information content (AvgIpc) is 4.16. The molecule has 0 bridgehead atoms. The molecule has 11 aromatic carbocycles. The van der Waals surface area contributed by atoms with Crippen LogP contribution in [-0.2, 0) is 5.41 Å². The molecule has 7 heteroatoms. The van der Waals surface area contributed by atoms with Gasteiger partial charge in [0.15, 0.2) is 0 Å². The highest BCUT2D eigenvalue weighted by Crippen LogP contribution is 2.48. The Kier molecular flexibility index (Phi) is 7.87. The summed E-state index contributed by atoms with van der Waals surface area (Å²) in [7, 11) is 0. The molecule has 0 aliphatic carbocycles. The summed E-state index contributed by atoms with van der Waals surface area (Å²) in [5, 5.41) is 11.2. The molecule has 0 fully saturated rings. The fraction of sp³-hybridized carbons (Fsp3) is 0.0571. The molecule has 0 saturated carbocycles. The van der Waals surface area contributed by atoms with Crippen molar-refractivity contribution in [2.24, 2.45) is 0 Å². The molecule has 0 spiro atoms. The van der Waals surface area contributed by atoms with Gasteiger partial charge >= 0.3 is 0 Å². The molecule has 0 N–H and O–H groups in total. The van der Waals surface area contributed by atoms with Crippen LogP contribution in [0.25, 0.3) is 137 Å². The number of benzene rings is 11. The summed E-state index contributed by atoms with van der Waals surface area (Å²) in [6, 6.07) is 77.5. The monoisotopic (exact) mass is 985 g/mol. The molecular weight excluding hydrogens is 942 g/mol. The van der Waals surface area contributed by atoms with Gasteiger partial charge in [0.2, 0.25) is 0 Å². The van der Waals surface area contributed by atoms with Crippen LogP contribution in [-0.4, -0.2) is 20.4 Å². The molecule has 2 aliphatic heterocycles. The first-order valence-electron chi connectivity index (χ1n) is 26.7. The molecule has 2 aliphatic rings. The third-order valence-electron chi connectivity index (χ3n) is 17.2. The predicted molar refractivity (Wildman–Crippen MR) is 319 cm³/mol. The molecule has 0 unspecified atom stereocenters. The third-order valence-corrected chi connectivity index (χ3v) is 17.2. The zero-order valence-corrected chi connectivity index (χ0v) is 42.4. The number of nitrogens with zero attached hydrogens (tertiary/aromatic N) is 3. The Morgan fingerprint density at radius 2 is 0.935 bits per heavy atom. The van der Waals surface area contributed by atoms with Crippen LogP contribution in [0.5, 0.6) is 11.5 Å². The predicted octanol–water partition coefficient (Wildman–Crippen LogP) is 16.7. The molecule has 7 heterocycles. The van der Waals surface area contributed by atoms with Gasteiger partial charge < -0.3 is 27.3 Å². The summed E-state index contributed by atoms with van der Waals surface area (Å²) in [4.78, 5) is 0. The first-order chi connectivity index (χ1) is 37.8. The van der Waals surface area contributed by atoms with Gasteiger partial charge in [-0.25, -0.2) is 0 Å². The number of ether oxygens (including phenoxy) is 1. The maximum absolute atomic E-state index is 7.35. The number of aromatic nitrogens is 3. The van der Waals surface area contributed by atoms with Crippen LogP contribution in [0.4, 0.5) is 0 Å². The van der Waals surface area contributed by atoms with E-state index in [9.17, 15) is 0 Å². The number of fused-ring (bicyclic) bond motifs is 21. The second-order valence-electron chi connectivity index (χ2n) is 22.4. The molecule has 0 atom stereocenters. The maximum atomic E-state index is 7.35. The highest BCUT2D eigenvalue weighted by atomic mass is 16.5. The van der Waals surface area contributed by atoms with Crippen LogP contribution in [0.3, 0.4) is 0 Å². The molecule has 0 amide bonds. The Balaban J connectivity index is 0.982. The van der Waals surface area contributed by atoms with Gasteiger partial charge in [-0.1, -0.05) is 142 Å². The van der Waals surface area contributed by atoms with Crippen molar-refractivity contribution in [3.05, 3.63) is 218 Å². The van der Waals surface area contributed by atoms with Crippen LogP contribution in [0.2, 0.25) is 0 Å². The zero-order chi connectivity index (χ0) is 50.6. The lowest BCUT2D eigenvalue weighted by molar-refractivity contribution is 0.483. The van der Waals surface area contributed by atoms with E-state index in [2.05, 4.69) is 247 Å². The van der Waals surface area contributed by atoms with E-state index in [0.29, 0.717) is 0 Å². The summed E-state index contributed by atoms with van der Waals surface area (Å²) in [6.45, 7) is 6.68. The Hall–Kier alpha value is -9.72. The van der Waals surface area contributed by atoms with E-state index in [1.165, 1.54) is 54.6 Å². The molecular formula is C70H44BN3O3. The van der Waals surface area contributed by atoms with Gasteiger partial charge in [-0.05, 0) is 129 Å². The lowest BCUT2D eigenvalue weighted by Gasteiger charge is -2.34. The van der Waals surface area contributed by atoms with Crippen LogP contribution >= 0.6 is 0 Å². The first-order valence-corrected chi connectivity index (χ1v) is 26.7. The van der Waals surface area contributed by atoms with Gasteiger partial charge in [0, 0.05) is 60.2 Å². The van der Waals surface area contributed by atoms with Crippen molar-refractivity contribution in [3.63, 3.8) is 0 Å². The SMILES string of the molecule is CC(C)(C)c1ccc2c(c1)Oc1cc(-c3ccccc3)cc3c1B2c1cc2c4cc(-n5c6ccccc6c6ccccc65)ccc4oc2c2c4c5oc6ccc(-n7c8ccccc8c8ccccc87)cc6c5ccc4n-3c12. The number of hydrogen-bond acceptors (Lipinski definition) is 3. The number of hydrogen-bond donors (Lipinski definition) is 0. The number of rotatable bonds is 3. The molecule has 0 saturated heterocycles. The summed E-state index contributed by atoms with van der Waals surface area (Å²) >= 11 is 0. The second kappa shape index (κ2) is 14.6. The van der Waals surface area contributed by atoms with Gasteiger partial charge in [0.25, 0.3) is 6.71 Å². The van der Waals surface area contributed by atoms with Gasteiger partial charge in [-0.3, -0.25) is 0 Å². The van der Waals surface area contributed by atoms with Crippen LogP contribution in [0, 0.1) is 0 Å². The number of para-hydroxylation sites is 4. The Labute approximate surface area is 441 Å². The summed E-state index contributed by atoms with van der Waals surface area (Å²) < 4.78 is 29.2. The van der Waals surface area contributed by atoms with Gasteiger partial charge in [0.05, 0.1) is 43.9 Å². The molecule has 18 rings (SSSR count). The van der Waals surface area contributed by atoms with Crippen LogP contribution < -0.4 is 21.1 Å². The molecule has 6 nitrogen and oxygen atoms in total. The average molecular weight is 986 g/mol. The molecule has 0 radical (unpaired) electrons. The van der Waals surface area contributed by atoms with E-state index < -0.39 is 0 Å². The third kappa shape index (κ3) is 5.45. The smallest absolute Gasteiger partial charge is 0.256 e.